The number of nitrogens with one attached hydrogen (secondary N) is 1. The number of hydrogen-bond donors (Lipinski definition) is 1. The Balaban J connectivity index is 2.22. The van der Waals surface area contributed by atoms with E-state index in [2.05, 4.69) is 21.2 Å². The first-order valence-corrected chi connectivity index (χ1v) is 6.56. The summed E-state index contributed by atoms with van der Waals surface area (Å²) in [7, 11) is 0. The SMILES string of the molecule is O=C(Nc1cc(F)c(I)c(F)c1)c1ccc(Br)o1. The van der Waals surface area contributed by atoms with Crippen LogP contribution in [0.15, 0.2) is 33.4 Å². The summed E-state index contributed by atoms with van der Waals surface area (Å²) in [5.41, 5.74) is 0.0305. The van der Waals surface area contributed by atoms with Gasteiger partial charge in [0.05, 0.1) is 3.57 Å². The lowest BCUT2D eigenvalue weighted by atomic mass is 10.3. The van der Waals surface area contributed by atoms with Gasteiger partial charge in [-0.1, -0.05) is 0 Å². The maximum absolute atomic E-state index is 13.3. The molecule has 2 aromatic rings. The van der Waals surface area contributed by atoms with Gasteiger partial charge in [0.25, 0.3) is 5.91 Å². The van der Waals surface area contributed by atoms with Gasteiger partial charge in [0.2, 0.25) is 0 Å². The van der Waals surface area contributed by atoms with E-state index in [9.17, 15) is 13.6 Å². The van der Waals surface area contributed by atoms with Gasteiger partial charge in [-0.25, -0.2) is 8.78 Å². The van der Waals surface area contributed by atoms with Crippen LogP contribution >= 0.6 is 38.5 Å². The van der Waals surface area contributed by atoms with E-state index < -0.39 is 17.5 Å². The molecule has 0 spiro atoms. The van der Waals surface area contributed by atoms with Crippen molar-refractivity contribution in [3.8, 4) is 0 Å². The fraction of sp³-hybridized carbons (Fsp3) is 0. The molecule has 18 heavy (non-hydrogen) atoms. The third-order valence-corrected chi connectivity index (χ3v) is 3.50. The van der Waals surface area contributed by atoms with Gasteiger partial charge in [0.15, 0.2) is 10.4 Å². The lowest BCUT2D eigenvalue weighted by Gasteiger charge is -2.05. The van der Waals surface area contributed by atoms with Crippen molar-refractivity contribution in [2.24, 2.45) is 0 Å². The molecule has 94 valence electrons. The number of hydrogen-bond acceptors (Lipinski definition) is 2. The molecule has 0 bridgehead atoms. The fourth-order valence-corrected chi connectivity index (χ4v) is 1.87. The minimum Gasteiger partial charge on any atom is -0.444 e. The summed E-state index contributed by atoms with van der Waals surface area (Å²) in [4.78, 5) is 11.7. The second-order valence-corrected chi connectivity index (χ2v) is 5.17. The minimum absolute atomic E-state index is 0.0305. The highest BCUT2D eigenvalue weighted by Crippen LogP contribution is 2.21. The lowest BCUT2D eigenvalue weighted by molar-refractivity contribution is 0.0995. The van der Waals surface area contributed by atoms with Crippen LogP contribution < -0.4 is 5.32 Å². The largest absolute Gasteiger partial charge is 0.444 e. The second kappa shape index (κ2) is 5.35. The average molecular weight is 428 g/mol. The van der Waals surface area contributed by atoms with Crippen LogP contribution in [0, 0.1) is 15.2 Å². The number of benzene rings is 1. The third-order valence-electron chi connectivity index (χ3n) is 2.04. The molecule has 0 atom stereocenters. The molecular weight excluding hydrogens is 423 g/mol. The molecule has 3 nitrogen and oxygen atoms in total. The summed E-state index contributed by atoms with van der Waals surface area (Å²) < 4.78 is 31.8. The Hall–Kier alpha value is -0.960. The van der Waals surface area contributed by atoms with Gasteiger partial charge in [0, 0.05) is 5.69 Å². The quantitative estimate of drug-likeness (QED) is 0.577. The van der Waals surface area contributed by atoms with Crippen molar-refractivity contribution in [3.05, 3.63) is 49.9 Å². The Kier molecular flexibility index (Phi) is 4.00. The van der Waals surface area contributed by atoms with Crippen LogP contribution in [0.3, 0.4) is 0 Å². The highest BCUT2D eigenvalue weighted by atomic mass is 127. The zero-order valence-electron chi connectivity index (χ0n) is 8.64. The van der Waals surface area contributed by atoms with Crippen molar-refractivity contribution < 1.29 is 18.0 Å². The summed E-state index contributed by atoms with van der Waals surface area (Å²) in [5.74, 6) is -2.00. The molecule has 0 aliphatic carbocycles. The molecule has 0 aliphatic rings. The fourth-order valence-electron chi connectivity index (χ4n) is 1.26. The number of halogens is 4. The first-order valence-electron chi connectivity index (χ1n) is 4.68. The van der Waals surface area contributed by atoms with Crippen LogP contribution in [0.4, 0.5) is 14.5 Å². The first kappa shape index (κ1) is 13.5. The molecule has 1 aromatic carbocycles. The third kappa shape index (κ3) is 2.89. The van der Waals surface area contributed by atoms with Crippen LogP contribution in [0.5, 0.6) is 0 Å². The predicted octanol–water partition coefficient (Wildman–Crippen LogP) is 4.18. The number of anilines is 1. The van der Waals surface area contributed by atoms with Gasteiger partial charge >= 0.3 is 0 Å². The summed E-state index contributed by atoms with van der Waals surface area (Å²) in [6.07, 6.45) is 0. The molecule has 0 aliphatic heterocycles. The van der Waals surface area contributed by atoms with Crippen LogP contribution in [-0.2, 0) is 0 Å². The van der Waals surface area contributed by atoms with Gasteiger partial charge in [-0.3, -0.25) is 4.79 Å². The molecule has 0 saturated heterocycles. The Morgan fingerprint density at radius 3 is 2.39 bits per heavy atom. The summed E-state index contributed by atoms with van der Waals surface area (Å²) in [6, 6.07) is 5.07. The number of carbonyl (C=O) groups excluding carboxylic acids is 1. The standard InChI is InChI=1S/C11H5BrF2INO2/c12-9-2-1-8(18-9)11(17)16-5-3-6(13)10(15)7(14)4-5/h1-4H,(H,16,17). The van der Waals surface area contributed by atoms with Crippen molar-refractivity contribution in [1.82, 2.24) is 0 Å². The minimum atomic E-state index is -0.730. The van der Waals surface area contributed by atoms with Crippen LogP contribution in [0.1, 0.15) is 10.6 Å². The Bertz CT molecular complexity index is 592. The highest BCUT2D eigenvalue weighted by molar-refractivity contribution is 14.1. The van der Waals surface area contributed by atoms with E-state index in [0.29, 0.717) is 4.67 Å². The predicted molar refractivity (Wildman–Crippen MR) is 73.4 cm³/mol. The molecule has 1 N–H and O–H groups in total. The summed E-state index contributed by atoms with van der Waals surface area (Å²) in [5, 5.41) is 2.34. The smallest absolute Gasteiger partial charge is 0.291 e. The average Bonchev–Trinajstić information content (AvgIpc) is 2.72. The maximum atomic E-state index is 13.3. The number of amides is 1. The van der Waals surface area contributed by atoms with Gasteiger partial charge in [-0.2, -0.15) is 0 Å². The van der Waals surface area contributed by atoms with Crippen molar-refractivity contribution in [1.29, 1.82) is 0 Å². The monoisotopic (exact) mass is 427 g/mol. The van der Waals surface area contributed by atoms with E-state index in [0.717, 1.165) is 12.1 Å². The van der Waals surface area contributed by atoms with Crippen molar-refractivity contribution >= 4 is 50.1 Å². The molecule has 1 aromatic heterocycles. The normalized spacial score (nSPS) is 10.4. The molecule has 0 saturated carbocycles. The van der Waals surface area contributed by atoms with Crippen molar-refractivity contribution in [3.63, 3.8) is 0 Å². The van der Waals surface area contributed by atoms with E-state index in [1.807, 2.05) is 0 Å². The van der Waals surface area contributed by atoms with E-state index in [-0.39, 0.29) is 15.0 Å². The zero-order chi connectivity index (χ0) is 13.3. The van der Waals surface area contributed by atoms with Gasteiger partial charge in [0.1, 0.15) is 11.6 Å². The summed E-state index contributed by atoms with van der Waals surface area (Å²) in [6.45, 7) is 0. The molecule has 0 unspecified atom stereocenters. The van der Waals surface area contributed by atoms with E-state index in [1.54, 1.807) is 28.7 Å². The van der Waals surface area contributed by atoms with Crippen molar-refractivity contribution in [2.75, 3.05) is 5.32 Å². The topological polar surface area (TPSA) is 42.2 Å². The molecule has 0 fully saturated rings. The number of furan rings is 1. The molecule has 7 heteroatoms. The second-order valence-electron chi connectivity index (χ2n) is 3.31. The van der Waals surface area contributed by atoms with Crippen LogP contribution in [0.25, 0.3) is 0 Å². The van der Waals surface area contributed by atoms with E-state index in [4.69, 9.17) is 4.42 Å². The molecule has 1 amide bonds. The maximum Gasteiger partial charge on any atom is 0.291 e. The van der Waals surface area contributed by atoms with E-state index >= 15 is 0 Å². The van der Waals surface area contributed by atoms with Crippen molar-refractivity contribution in [2.45, 2.75) is 0 Å². The Morgan fingerprint density at radius 2 is 1.89 bits per heavy atom. The Labute approximate surface area is 123 Å². The zero-order valence-corrected chi connectivity index (χ0v) is 12.4. The van der Waals surface area contributed by atoms with Crippen LogP contribution in [0.2, 0.25) is 0 Å². The first-order chi connectivity index (χ1) is 8.47. The molecule has 0 radical (unpaired) electrons. The number of rotatable bonds is 2. The van der Waals surface area contributed by atoms with Gasteiger partial charge in [-0.05, 0) is 62.8 Å². The Morgan fingerprint density at radius 1 is 1.28 bits per heavy atom. The molecule has 2 rings (SSSR count). The van der Waals surface area contributed by atoms with Crippen LogP contribution in [-0.4, -0.2) is 5.91 Å². The van der Waals surface area contributed by atoms with Gasteiger partial charge < -0.3 is 9.73 Å². The summed E-state index contributed by atoms with van der Waals surface area (Å²) >= 11 is 4.60. The highest BCUT2D eigenvalue weighted by Gasteiger charge is 2.13. The molecular formula is C11H5BrF2INO2. The van der Waals surface area contributed by atoms with Gasteiger partial charge in [-0.15, -0.1) is 0 Å². The van der Waals surface area contributed by atoms with E-state index in [1.165, 1.54) is 6.07 Å². The number of carbonyl (C=O) groups is 1. The lowest BCUT2D eigenvalue weighted by Crippen LogP contribution is -2.11. The molecule has 1 heterocycles.